The van der Waals surface area contributed by atoms with E-state index in [1.54, 1.807) is 0 Å². The third kappa shape index (κ3) is 6.22. The van der Waals surface area contributed by atoms with Crippen LogP contribution >= 0.6 is 22.6 Å². The maximum atomic E-state index is 9.89. The van der Waals surface area contributed by atoms with Gasteiger partial charge in [0.05, 0.1) is 8.07 Å². The van der Waals surface area contributed by atoms with Crippen LogP contribution in [0.5, 0.6) is 0 Å². The van der Waals surface area contributed by atoms with Crippen molar-refractivity contribution in [2.24, 2.45) is 0 Å². The molecule has 0 aliphatic heterocycles. The molecular formula is C10H21IOSi2. The van der Waals surface area contributed by atoms with E-state index >= 15 is 0 Å². The molecule has 82 valence electrons. The summed E-state index contributed by atoms with van der Waals surface area (Å²) in [7, 11) is -2.60. The molecule has 0 bridgehead atoms. The summed E-state index contributed by atoms with van der Waals surface area (Å²) in [6.07, 6.45) is -0.436. The highest BCUT2D eigenvalue weighted by Gasteiger charge is 2.29. The van der Waals surface area contributed by atoms with Gasteiger partial charge < -0.3 is 5.11 Å². The molecular weight excluding hydrogens is 319 g/mol. The van der Waals surface area contributed by atoms with Crippen LogP contribution in [0.15, 0.2) is 0 Å². The van der Waals surface area contributed by atoms with Crippen LogP contribution in [0.4, 0.5) is 0 Å². The lowest BCUT2D eigenvalue weighted by Gasteiger charge is -2.25. The first kappa shape index (κ1) is 14.7. The first-order chi connectivity index (χ1) is 6.04. The number of aliphatic hydroxyl groups excluding tert-OH is 1. The summed E-state index contributed by atoms with van der Waals surface area (Å²) >= 11 is 2.35. The first-order valence-corrected chi connectivity index (χ1v) is 13.2. The summed E-state index contributed by atoms with van der Waals surface area (Å²) < 4.78 is 0.323. The van der Waals surface area contributed by atoms with Crippen molar-refractivity contribution in [2.45, 2.75) is 48.9 Å². The SMILES string of the molecule is C[Si](C)(C)C#C[C@H](O)[C@@H](I)[Si](C)(C)C. The molecule has 0 fully saturated rings. The minimum Gasteiger partial charge on any atom is -0.380 e. The predicted molar refractivity (Wildman–Crippen MR) is 78.3 cm³/mol. The van der Waals surface area contributed by atoms with Crippen molar-refractivity contribution in [1.82, 2.24) is 0 Å². The minimum atomic E-state index is -1.33. The molecule has 0 aliphatic rings. The smallest absolute Gasteiger partial charge is 0.129 e. The molecule has 0 aromatic heterocycles. The number of aliphatic hydroxyl groups is 1. The van der Waals surface area contributed by atoms with Crippen LogP contribution < -0.4 is 0 Å². The molecule has 0 amide bonds. The Balaban J connectivity index is 4.48. The van der Waals surface area contributed by atoms with Gasteiger partial charge in [-0.1, -0.05) is 67.8 Å². The standard InChI is InChI=1S/C10H21IOSi2/c1-13(2,3)8-7-9(12)10(11)14(4,5)6/h9-10,12H,1-6H3/t9-,10-/m0/s1. The quantitative estimate of drug-likeness (QED) is 0.355. The van der Waals surface area contributed by atoms with E-state index < -0.39 is 22.3 Å². The Bertz CT molecular complexity index is 242. The molecule has 0 aromatic carbocycles. The summed E-state index contributed by atoms with van der Waals surface area (Å²) in [5.74, 6) is 3.02. The van der Waals surface area contributed by atoms with Gasteiger partial charge in [0.1, 0.15) is 14.2 Å². The maximum absolute atomic E-state index is 9.89. The summed E-state index contributed by atoms with van der Waals surface area (Å²) in [5, 5.41) is 9.89. The molecule has 0 rings (SSSR count). The zero-order valence-electron chi connectivity index (χ0n) is 9.98. The lowest BCUT2D eigenvalue weighted by molar-refractivity contribution is 0.250. The molecule has 14 heavy (non-hydrogen) atoms. The molecule has 1 N–H and O–H groups in total. The second-order valence-corrected chi connectivity index (χ2v) is 18.4. The largest absolute Gasteiger partial charge is 0.380 e. The lowest BCUT2D eigenvalue weighted by Crippen LogP contribution is -2.41. The molecule has 0 radical (unpaired) electrons. The molecule has 0 spiro atoms. The highest BCUT2D eigenvalue weighted by atomic mass is 127. The molecule has 0 unspecified atom stereocenters. The van der Waals surface area contributed by atoms with E-state index in [0.717, 1.165) is 0 Å². The molecule has 0 aromatic rings. The lowest BCUT2D eigenvalue weighted by atomic mass is 10.4. The van der Waals surface area contributed by atoms with Gasteiger partial charge in [-0.05, 0) is 0 Å². The summed E-state index contributed by atoms with van der Waals surface area (Å²) in [6.45, 7) is 13.4. The fourth-order valence-electron chi connectivity index (χ4n) is 0.837. The van der Waals surface area contributed by atoms with E-state index in [0.29, 0.717) is 3.55 Å². The average Bonchev–Trinajstić information content (AvgIpc) is 1.95. The van der Waals surface area contributed by atoms with Crippen molar-refractivity contribution >= 4 is 38.7 Å². The number of alkyl halides is 1. The van der Waals surface area contributed by atoms with Crippen LogP contribution in [0, 0.1) is 11.5 Å². The van der Waals surface area contributed by atoms with E-state index in [-0.39, 0.29) is 0 Å². The molecule has 0 saturated heterocycles. The van der Waals surface area contributed by atoms with Crippen LogP contribution in [0.1, 0.15) is 0 Å². The van der Waals surface area contributed by atoms with Crippen molar-refractivity contribution in [2.75, 3.05) is 0 Å². The Labute approximate surface area is 104 Å². The molecule has 0 heterocycles. The van der Waals surface area contributed by atoms with E-state index in [9.17, 15) is 5.11 Å². The van der Waals surface area contributed by atoms with Crippen molar-refractivity contribution in [3.05, 3.63) is 0 Å². The third-order valence-electron chi connectivity index (χ3n) is 1.70. The van der Waals surface area contributed by atoms with Crippen LogP contribution in [-0.4, -0.2) is 30.9 Å². The molecule has 0 saturated carbocycles. The van der Waals surface area contributed by atoms with E-state index in [4.69, 9.17) is 0 Å². The van der Waals surface area contributed by atoms with Crippen LogP contribution in [0.3, 0.4) is 0 Å². The van der Waals surface area contributed by atoms with Gasteiger partial charge in [-0.3, -0.25) is 0 Å². The second kappa shape index (κ2) is 5.15. The van der Waals surface area contributed by atoms with Gasteiger partial charge in [0.25, 0.3) is 0 Å². The Hall–Kier alpha value is 0.684. The van der Waals surface area contributed by atoms with Crippen molar-refractivity contribution in [3.8, 4) is 11.5 Å². The highest BCUT2D eigenvalue weighted by molar-refractivity contribution is 14.1. The Morgan fingerprint density at radius 2 is 1.50 bits per heavy atom. The van der Waals surface area contributed by atoms with Crippen LogP contribution in [-0.2, 0) is 0 Å². The van der Waals surface area contributed by atoms with Crippen LogP contribution in [0.2, 0.25) is 39.3 Å². The highest BCUT2D eigenvalue weighted by Crippen LogP contribution is 2.20. The van der Waals surface area contributed by atoms with Gasteiger partial charge in [0.15, 0.2) is 0 Å². The predicted octanol–water partition coefficient (Wildman–Crippen LogP) is 2.91. The van der Waals surface area contributed by atoms with E-state index in [1.165, 1.54) is 0 Å². The van der Waals surface area contributed by atoms with Crippen LogP contribution in [0.25, 0.3) is 0 Å². The van der Waals surface area contributed by atoms with Gasteiger partial charge in [0.2, 0.25) is 0 Å². The van der Waals surface area contributed by atoms with E-state index in [2.05, 4.69) is 73.3 Å². The number of hydrogen-bond donors (Lipinski definition) is 1. The van der Waals surface area contributed by atoms with Gasteiger partial charge >= 0.3 is 0 Å². The molecule has 0 aliphatic carbocycles. The maximum Gasteiger partial charge on any atom is 0.129 e. The second-order valence-electron chi connectivity index (χ2n) is 5.73. The molecule has 2 atom stereocenters. The van der Waals surface area contributed by atoms with Gasteiger partial charge in [-0.25, -0.2) is 0 Å². The zero-order chi connectivity index (χ0) is 11.6. The first-order valence-electron chi connectivity index (χ1n) is 4.89. The average molecular weight is 340 g/mol. The third-order valence-corrected chi connectivity index (χ3v) is 10.9. The Kier molecular flexibility index (Phi) is 5.40. The number of rotatable bonds is 2. The number of hydrogen-bond acceptors (Lipinski definition) is 1. The zero-order valence-corrected chi connectivity index (χ0v) is 14.1. The van der Waals surface area contributed by atoms with Gasteiger partial charge in [-0.2, -0.15) is 0 Å². The summed E-state index contributed by atoms with van der Waals surface area (Å²) in [4.78, 5) is 0. The monoisotopic (exact) mass is 340 g/mol. The Morgan fingerprint density at radius 3 is 1.79 bits per heavy atom. The molecule has 1 nitrogen and oxygen atoms in total. The fourth-order valence-corrected chi connectivity index (χ4v) is 2.63. The molecule has 4 heteroatoms. The van der Waals surface area contributed by atoms with Gasteiger partial charge in [-0.15, -0.1) is 5.54 Å². The normalized spacial score (nSPS) is 16.9. The van der Waals surface area contributed by atoms with Crippen molar-refractivity contribution in [3.63, 3.8) is 0 Å². The fraction of sp³-hybridized carbons (Fsp3) is 0.800. The topological polar surface area (TPSA) is 20.2 Å². The van der Waals surface area contributed by atoms with Crippen molar-refractivity contribution < 1.29 is 5.11 Å². The summed E-state index contributed by atoms with van der Waals surface area (Å²) in [6, 6.07) is 0. The summed E-state index contributed by atoms with van der Waals surface area (Å²) in [5.41, 5.74) is 3.23. The van der Waals surface area contributed by atoms with E-state index in [1.807, 2.05) is 0 Å². The van der Waals surface area contributed by atoms with Gasteiger partial charge in [0, 0.05) is 3.55 Å². The minimum absolute atomic E-state index is 0.323. The Morgan fingerprint density at radius 1 is 1.07 bits per heavy atom. The number of halogens is 1. The van der Waals surface area contributed by atoms with Crippen molar-refractivity contribution in [1.29, 1.82) is 0 Å².